The van der Waals surface area contributed by atoms with Crippen molar-refractivity contribution in [2.24, 2.45) is 7.05 Å². The monoisotopic (exact) mass is 355 g/mol. The number of nitrogen functional groups attached to an aromatic ring is 1. The van der Waals surface area contributed by atoms with Gasteiger partial charge in [-0.15, -0.1) is 11.3 Å². The third kappa shape index (κ3) is 2.56. The molecule has 0 aromatic carbocycles. The van der Waals surface area contributed by atoms with Gasteiger partial charge in [-0.25, -0.2) is 9.97 Å². The third-order valence-corrected chi connectivity index (χ3v) is 5.09. The molecular formula is C16H17N7OS. The van der Waals surface area contributed by atoms with Crippen molar-refractivity contribution in [2.45, 2.75) is 26.7 Å². The van der Waals surface area contributed by atoms with Crippen LogP contribution in [0.3, 0.4) is 0 Å². The van der Waals surface area contributed by atoms with Crippen LogP contribution >= 0.6 is 11.3 Å². The second-order valence-electron chi connectivity index (χ2n) is 6.13. The molecule has 0 fully saturated rings. The molecule has 0 bridgehead atoms. The minimum atomic E-state index is 0.336. The van der Waals surface area contributed by atoms with Crippen LogP contribution in [0, 0.1) is 6.92 Å². The van der Waals surface area contributed by atoms with E-state index in [4.69, 9.17) is 10.3 Å². The van der Waals surface area contributed by atoms with Gasteiger partial charge in [-0.2, -0.15) is 10.1 Å². The number of hydrogen-bond donors (Lipinski definition) is 1. The van der Waals surface area contributed by atoms with Gasteiger partial charge in [-0.1, -0.05) is 19.0 Å². The summed E-state index contributed by atoms with van der Waals surface area (Å²) < 4.78 is 7.33. The number of nitrogens with zero attached hydrogens (tertiary/aromatic N) is 6. The summed E-state index contributed by atoms with van der Waals surface area (Å²) in [4.78, 5) is 14.7. The Kier molecular flexibility index (Phi) is 3.53. The Balaban J connectivity index is 1.77. The minimum Gasteiger partial charge on any atom is -0.383 e. The summed E-state index contributed by atoms with van der Waals surface area (Å²) in [6.07, 6.45) is 1.61. The van der Waals surface area contributed by atoms with Gasteiger partial charge < -0.3 is 10.3 Å². The largest absolute Gasteiger partial charge is 0.383 e. The molecule has 0 aliphatic carbocycles. The first-order chi connectivity index (χ1) is 11.9. The number of hydrogen-bond acceptors (Lipinski definition) is 8. The van der Waals surface area contributed by atoms with Crippen molar-refractivity contribution in [2.75, 3.05) is 5.73 Å². The highest BCUT2D eigenvalue weighted by atomic mass is 32.1. The lowest BCUT2D eigenvalue weighted by atomic mass is 10.1. The van der Waals surface area contributed by atoms with Gasteiger partial charge in [0.05, 0.1) is 16.1 Å². The maximum Gasteiger partial charge on any atom is 0.268 e. The molecule has 8 nitrogen and oxygen atoms in total. The van der Waals surface area contributed by atoms with Crippen molar-refractivity contribution in [3.05, 3.63) is 23.8 Å². The number of anilines is 1. The molecule has 0 aliphatic heterocycles. The Morgan fingerprint density at radius 1 is 1.28 bits per heavy atom. The second-order valence-corrected chi connectivity index (χ2v) is 7.16. The number of nitrogens with two attached hydrogens (primary N) is 1. The van der Waals surface area contributed by atoms with Crippen molar-refractivity contribution in [3.8, 4) is 22.2 Å². The zero-order valence-electron chi connectivity index (χ0n) is 14.3. The molecule has 2 N–H and O–H groups in total. The first kappa shape index (κ1) is 15.7. The molecule has 0 saturated carbocycles. The average molecular weight is 355 g/mol. The Morgan fingerprint density at radius 2 is 2.08 bits per heavy atom. The molecule has 25 heavy (non-hydrogen) atoms. The van der Waals surface area contributed by atoms with E-state index >= 15 is 0 Å². The van der Waals surface area contributed by atoms with Gasteiger partial charge >= 0.3 is 0 Å². The molecule has 9 heteroatoms. The first-order valence-corrected chi connectivity index (χ1v) is 8.65. The van der Waals surface area contributed by atoms with E-state index in [1.54, 1.807) is 24.5 Å². The SMILES string of the molecule is Cc1ncc(-c2noc(-c3cc4c(C(C)C)nn(C)c4s3)n2)c(N)n1. The van der Waals surface area contributed by atoms with Crippen LogP contribution in [-0.2, 0) is 7.05 Å². The number of aryl methyl sites for hydroxylation is 2. The summed E-state index contributed by atoms with van der Waals surface area (Å²) in [5.41, 5.74) is 7.56. The average Bonchev–Trinajstić information content (AvgIpc) is 3.23. The number of thiophene rings is 1. The maximum atomic E-state index is 5.94. The molecule has 0 aliphatic rings. The second kappa shape index (κ2) is 5.62. The fourth-order valence-corrected chi connectivity index (χ4v) is 3.69. The van der Waals surface area contributed by atoms with Crippen LogP contribution < -0.4 is 5.73 Å². The van der Waals surface area contributed by atoms with Crippen LogP contribution in [0.25, 0.3) is 32.4 Å². The molecule has 0 radical (unpaired) electrons. The van der Waals surface area contributed by atoms with E-state index in [9.17, 15) is 0 Å². The standard InChI is InChI=1S/C16H17N7OS/c1-7(2)12-9-5-11(25-16(9)23(4)21-12)15-20-14(22-24-15)10-6-18-8(3)19-13(10)17/h5-7H,1-4H3,(H2,17,18,19). The lowest BCUT2D eigenvalue weighted by Crippen LogP contribution is -1.99. The highest BCUT2D eigenvalue weighted by Crippen LogP contribution is 2.37. The topological polar surface area (TPSA) is 109 Å². The molecule has 4 aromatic heterocycles. The summed E-state index contributed by atoms with van der Waals surface area (Å²) in [5.74, 6) is 2.11. The lowest BCUT2D eigenvalue weighted by Gasteiger charge is -1.99. The first-order valence-electron chi connectivity index (χ1n) is 7.84. The van der Waals surface area contributed by atoms with Crippen molar-refractivity contribution >= 4 is 27.4 Å². The van der Waals surface area contributed by atoms with Gasteiger partial charge in [0, 0.05) is 18.6 Å². The van der Waals surface area contributed by atoms with E-state index in [1.807, 2.05) is 11.7 Å². The van der Waals surface area contributed by atoms with Crippen LogP contribution in [0.5, 0.6) is 0 Å². The van der Waals surface area contributed by atoms with E-state index in [-0.39, 0.29) is 0 Å². The third-order valence-electron chi connectivity index (χ3n) is 3.90. The van der Waals surface area contributed by atoms with E-state index in [2.05, 4.69) is 45.1 Å². The Bertz CT molecular complexity index is 1080. The Morgan fingerprint density at radius 3 is 2.80 bits per heavy atom. The van der Waals surface area contributed by atoms with Gasteiger partial charge in [-0.3, -0.25) is 4.68 Å². The molecule has 4 aromatic rings. The van der Waals surface area contributed by atoms with Gasteiger partial charge in [0.2, 0.25) is 5.82 Å². The molecule has 4 heterocycles. The van der Waals surface area contributed by atoms with Crippen LogP contribution in [-0.4, -0.2) is 29.9 Å². The maximum absolute atomic E-state index is 5.94. The quantitative estimate of drug-likeness (QED) is 0.601. The van der Waals surface area contributed by atoms with Gasteiger partial charge in [0.25, 0.3) is 5.89 Å². The van der Waals surface area contributed by atoms with E-state index < -0.39 is 0 Å². The van der Waals surface area contributed by atoms with Gasteiger partial charge in [-0.05, 0) is 18.9 Å². The highest BCUT2D eigenvalue weighted by Gasteiger charge is 2.20. The summed E-state index contributed by atoms with van der Waals surface area (Å²) in [5, 5.41) is 9.73. The molecular weight excluding hydrogens is 338 g/mol. The number of fused-ring (bicyclic) bond motifs is 1. The van der Waals surface area contributed by atoms with Crippen molar-refractivity contribution in [1.82, 2.24) is 29.9 Å². The van der Waals surface area contributed by atoms with E-state index in [1.165, 1.54) is 0 Å². The number of aromatic nitrogens is 6. The smallest absolute Gasteiger partial charge is 0.268 e. The van der Waals surface area contributed by atoms with Crippen molar-refractivity contribution in [3.63, 3.8) is 0 Å². The zero-order valence-corrected chi connectivity index (χ0v) is 15.1. The van der Waals surface area contributed by atoms with Gasteiger partial charge in [0.15, 0.2) is 0 Å². The predicted molar refractivity (Wildman–Crippen MR) is 96.1 cm³/mol. The fourth-order valence-electron chi connectivity index (χ4n) is 2.69. The minimum absolute atomic E-state index is 0.336. The van der Waals surface area contributed by atoms with Crippen LogP contribution in [0.4, 0.5) is 5.82 Å². The Labute approximate surface area is 147 Å². The zero-order chi connectivity index (χ0) is 17.7. The Hall–Kier alpha value is -2.81. The van der Waals surface area contributed by atoms with Crippen LogP contribution in [0.15, 0.2) is 16.8 Å². The highest BCUT2D eigenvalue weighted by molar-refractivity contribution is 7.21. The molecule has 128 valence electrons. The molecule has 0 saturated heterocycles. The summed E-state index contributed by atoms with van der Waals surface area (Å²) in [6, 6.07) is 2.05. The fraction of sp³-hybridized carbons (Fsp3) is 0.312. The number of rotatable bonds is 3. The van der Waals surface area contributed by atoms with E-state index in [0.29, 0.717) is 34.8 Å². The molecule has 0 spiro atoms. The van der Waals surface area contributed by atoms with E-state index in [0.717, 1.165) is 20.8 Å². The van der Waals surface area contributed by atoms with Crippen molar-refractivity contribution < 1.29 is 4.52 Å². The van der Waals surface area contributed by atoms with Gasteiger partial charge in [0.1, 0.15) is 16.5 Å². The summed E-state index contributed by atoms with van der Waals surface area (Å²) >= 11 is 1.57. The normalized spacial score (nSPS) is 11.7. The lowest BCUT2D eigenvalue weighted by molar-refractivity contribution is 0.433. The summed E-state index contributed by atoms with van der Waals surface area (Å²) in [7, 11) is 1.94. The molecule has 0 atom stereocenters. The molecule has 0 amide bonds. The van der Waals surface area contributed by atoms with Crippen LogP contribution in [0.2, 0.25) is 0 Å². The molecule has 4 rings (SSSR count). The van der Waals surface area contributed by atoms with Crippen molar-refractivity contribution in [1.29, 1.82) is 0 Å². The predicted octanol–water partition coefficient (Wildman–Crippen LogP) is 3.16. The summed E-state index contributed by atoms with van der Waals surface area (Å²) in [6.45, 7) is 6.04. The van der Waals surface area contributed by atoms with Crippen LogP contribution in [0.1, 0.15) is 31.3 Å². The molecule has 0 unspecified atom stereocenters.